The first-order valence-corrected chi connectivity index (χ1v) is 10.2. The molecular formula is C19H17F3N6OS. The number of benzene rings is 1. The van der Waals surface area contributed by atoms with Crippen molar-refractivity contribution >= 4 is 34.5 Å². The number of para-hydroxylation sites is 1. The molecule has 1 aliphatic rings. The second-order valence-corrected chi connectivity index (χ2v) is 7.54. The number of halogens is 3. The summed E-state index contributed by atoms with van der Waals surface area (Å²) in [4.78, 5) is 32.0. The van der Waals surface area contributed by atoms with Gasteiger partial charge in [0.1, 0.15) is 5.03 Å². The molecule has 1 saturated heterocycles. The lowest BCUT2D eigenvalue weighted by Crippen LogP contribution is -2.49. The molecule has 0 unspecified atom stereocenters. The molecule has 156 valence electrons. The van der Waals surface area contributed by atoms with Crippen LogP contribution in [0.4, 0.5) is 19.1 Å². The zero-order valence-corrected chi connectivity index (χ0v) is 16.5. The van der Waals surface area contributed by atoms with Crippen LogP contribution in [0.5, 0.6) is 0 Å². The average molecular weight is 434 g/mol. The van der Waals surface area contributed by atoms with Crippen molar-refractivity contribution in [2.75, 3.05) is 36.8 Å². The van der Waals surface area contributed by atoms with Crippen LogP contribution in [-0.4, -0.2) is 62.7 Å². The summed E-state index contributed by atoms with van der Waals surface area (Å²) in [5, 5.41) is 0.645. The van der Waals surface area contributed by atoms with E-state index in [1.165, 1.54) is 6.07 Å². The van der Waals surface area contributed by atoms with E-state index in [4.69, 9.17) is 0 Å². The normalized spacial score (nSPS) is 14.9. The van der Waals surface area contributed by atoms with Crippen LogP contribution in [0.2, 0.25) is 0 Å². The highest BCUT2D eigenvalue weighted by atomic mass is 32.2. The minimum atomic E-state index is -4.65. The number of amides is 1. The Morgan fingerprint density at radius 2 is 1.70 bits per heavy atom. The Kier molecular flexibility index (Phi) is 5.71. The van der Waals surface area contributed by atoms with Crippen molar-refractivity contribution in [2.24, 2.45) is 0 Å². The first-order chi connectivity index (χ1) is 14.4. The van der Waals surface area contributed by atoms with Crippen molar-refractivity contribution < 1.29 is 18.0 Å². The molecule has 1 aromatic carbocycles. The largest absolute Gasteiger partial charge is 0.451 e. The molecule has 0 spiro atoms. The molecule has 1 amide bonds. The Bertz CT molecular complexity index is 1040. The van der Waals surface area contributed by atoms with E-state index >= 15 is 0 Å². The van der Waals surface area contributed by atoms with Crippen LogP contribution in [0, 0.1) is 0 Å². The fourth-order valence-corrected chi connectivity index (χ4v) is 4.04. The van der Waals surface area contributed by atoms with Crippen LogP contribution in [0.1, 0.15) is 5.82 Å². The third-order valence-corrected chi connectivity index (χ3v) is 5.60. The average Bonchev–Trinajstić information content (AvgIpc) is 2.77. The first kappa shape index (κ1) is 20.3. The molecule has 1 aliphatic heterocycles. The number of fused-ring (bicyclic) bond motifs is 1. The third kappa shape index (κ3) is 4.45. The molecule has 0 aliphatic carbocycles. The summed E-state index contributed by atoms with van der Waals surface area (Å²) in [5.74, 6) is -0.733. The number of carbonyl (C=O) groups is 1. The molecule has 0 radical (unpaired) electrons. The first-order valence-electron chi connectivity index (χ1n) is 9.18. The molecule has 4 rings (SSSR count). The fraction of sp³-hybridized carbons (Fsp3) is 0.316. The van der Waals surface area contributed by atoms with Crippen LogP contribution < -0.4 is 4.90 Å². The van der Waals surface area contributed by atoms with Crippen LogP contribution in [0.3, 0.4) is 0 Å². The van der Waals surface area contributed by atoms with Crippen LogP contribution >= 0.6 is 11.8 Å². The molecule has 2 aromatic heterocycles. The molecule has 0 N–H and O–H groups in total. The summed E-state index contributed by atoms with van der Waals surface area (Å²) in [6, 6.07) is 8.21. The van der Waals surface area contributed by atoms with Gasteiger partial charge in [-0.05, 0) is 12.1 Å². The van der Waals surface area contributed by atoms with E-state index in [9.17, 15) is 18.0 Å². The SMILES string of the molecule is O=C(CSc1nc(C(F)(F)F)nc2ccccc12)N1CCN(c2ncccn2)CC1. The lowest BCUT2D eigenvalue weighted by atomic mass is 10.2. The number of rotatable bonds is 4. The molecule has 30 heavy (non-hydrogen) atoms. The maximum absolute atomic E-state index is 13.1. The van der Waals surface area contributed by atoms with Crippen molar-refractivity contribution in [1.29, 1.82) is 0 Å². The van der Waals surface area contributed by atoms with Gasteiger partial charge >= 0.3 is 6.18 Å². The molecule has 0 atom stereocenters. The number of anilines is 1. The number of hydrogen-bond acceptors (Lipinski definition) is 7. The maximum atomic E-state index is 13.1. The van der Waals surface area contributed by atoms with Crippen LogP contribution in [0.15, 0.2) is 47.8 Å². The van der Waals surface area contributed by atoms with Crippen LogP contribution in [0.25, 0.3) is 10.9 Å². The molecule has 11 heteroatoms. The van der Waals surface area contributed by atoms with Crippen molar-refractivity contribution in [3.05, 3.63) is 48.5 Å². The summed E-state index contributed by atoms with van der Waals surface area (Å²) in [6.45, 7) is 2.18. The van der Waals surface area contributed by atoms with E-state index in [-0.39, 0.29) is 22.2 Å². The molecule has 7 nitrogen and oxygen atoms in total. The van der Waals surface area contributed by atoms with Crippen molar-refractivity contribution in [2.45, 2.75) is 11.2 Å². The lowest BCUT2D eigenvalue weighted by Gasteiger charge is -2.34. The number of piperazine rings is 1. The predicted octanol–water partition coefficient (Wildman–Crippen LogP) is 2.88. The number of aromatic nitrogens is 4. The number of hydrogen-bond donors (Lipinski definition) is 0. The number of alkyl halides is 3. The predicted molar refractivity (Wildman–Crippen MR) is 106 cm³/mol. The highest BCUT2D eigenvalue weighted by Gasteiger charge is 2.35. The van der Waals surface area contributed by atoms with Gasteiger partial charge in [0.25, 0.3) is 0 Å². The standard InChI is InChI=1S/C19H17F3N6OS/c20-19(21,22)17-25-14-5-2-1-4-13(14)16(26-17)30-12-15(29)27-8-10-28(11-9-27)18-23-6-3-7-24-18/h1-7H,8-12H2. The van der Waals surface area contributed by atoms with Gasteiger partial charge in [-0.25, -0.2) is 19.9 Å². The highest BCUT2D eigenvalue weighted by Crippen LogP contribution is 2.32. The lowest BCUT2D eigenvalue weighted by molar-refractivity contribution is -0.145. The van der Waals surface area contributed by atoms with Gasteiger partial charge in [-0.3, -0.25) is 4.79 Å². The fourth-order valence-electron chi connectivity index (χ4n) is 3.12. The van der Waals surface area contributed by atoms with E-state index in [0.29, 0.717) is 37.5 Å². The van der Waals surface area contributed by atoms with Gasteiger partial charge in [0.05, 0.1) is 11.3 Å². The zero-order valence-electron chi connectivity index (χ0n) is 15.7. The maximum Gasteiger partial charge on any atom is 0.451 e. The van der Waals surface area contributed by atoms with Gasteiger partial charge in [0.15, 0.2) is 0 Å². The Morgan fingerprint density at radius 1 is 1.00 bits per heavy atom. The van der Waals surface area contributed by atoms with E-state index in [1.54, 1.807) is 41.6 Å². The minimum Gasteiger partial charge on any atom is -0.338 e. The van der Waals surface area contributed by atoms with Gasteiger partial charge in [-0.15, -0.1) is 0 Å². The van der Waals surface area contributed by atoms with Crippen molar-refractivity contribution in [3.8, 4) is 0 Å². The van der Waals surface area contributed by atoms with Crippen LogP contribution in [-0.2, 0) is 11.0 Å². The molecule has 3 heterocycles. The quantitative estimate of drug-likeness (QED) is 0.462. The topological polar surface area (TPSA) is 75.1 Å². The summed E-state index contributed by atoms with van der Waals surface area (Å²) in [6.07, 6.45) is -1.32. The number of thioether (sulfide) groups is 1. The Hall–Kier alpha value is -2.95. The summed E-state index contributed by atoms with van der Waals surface area (Å²) in [7, 11) is 0. The van der Waals surface area contributed by atoms with Gasteiger partial charge < -0.3 is 9.80 Å². The molecule has 0 bridgehead atoms. The van der Waals surface area contributed by atoms with Crippen molar-refractivity contribution in [1.82, 2.24) is 24.8 Å². The van der Waals surface area contributed by atoms with E-state index in [0.717, 1.165) is 11.8 Å². The van der Waals surface area contributed by atoms with Gasteiger partial charge in [-0.2, -0.15) is 13.2 Å². The third-order valence-electron chi connectivity index (χ3n) is 4.62. The summed E-state index contributed by atoms with van der Waals surface area (Å²) >= 11 is 0.999. The van der Waals surface area contributed by atoms with Gasteiger partial charge in [0.2, 0.25) is 17.7 Å². The number of nitrogens with zero attached hydrogens (tertiary/aromatic N) is 6. The monoisotopic (exact) mass is 434 g/mol. The minimum absolute atomic E-state index is 0.000141. The van der Waals surface area contributed by atoms with Gasteiger partial charge in [-0.1, -0.05) is 30.0 Å². The van der Waals surface area contributed by atoms with E-state index in [2.05, 4.69) is 19.9 Å². The Balaban J connectivity index is 1.42. The molecular weight excluding hydrogens is 417 g/mol. The molecule has 3 aromatic rings. The Morgan fingerprint density at radius 3 is 2.40 bits per heavy atom. The molecule has 1 fully saturated rings. The summed E-state index contributed by atoms with van der Waals surface area (Å²) in [5.41, 5.74) is 0.200. The highest BCUT2D eigenvalue weighted by molar-refractivity contribution is 8.00. The molecule has 0 saturated carbocycles. The van der Waals surface area contributed by atoms with Gasteiger partial charge in [0, 0.05) is 44.0 Å². The second-order valence-electron chi connectivity index (χ2n) is 6.57. The number of carbonyl (C=O) groups excluding carboxylic acids is 1. The van der Waals surface area contributed by atoms with E-state index < -0.39 is 12.0 Å². The van der Waals surface area contributed by atoms with Crippen molar-refractivity contribution in [3.63, 3.8) is 0 Å². The smallest absolute Gasteiger partial charge is 0.338 e. The Labute approximate surface area is 174 Å². The second kappa shape index (κ2) is 8.42. The summed E-state index contributed by atoms with van der Waals surface area (Å²) < 4.78 is 39.4. The zero-order chi connectivity index (χ0) is 21.1. The van der Waals surface area contributed by atoms with E-state index in [1.807, 2.05) is 4.90 Å².